The van der Waals surface area contributed by atoms with Gasteiger partial charge in [0.25, 0.3) is 11.8 Å². The lowest BCUT2D eigenvalue weighted by Crippen LogP contribution is -2.25. The van der Waals surface area contributed by atoms with Crippen LogP contribution >= 0.6 is 0 Å². The molecule has 3 aromatic rings. The van der Waals surface area contributed by atoms with E-state index >= 15 is 0 Å². The van der Waals surface area contributed by atoms with Gasteiger partial charge in [0.05, 0.1) is 25.0 Å². The summed E-state index contributed by atoms with van der Waals surface area (Å²) in [5, 5.41) is 5.52. The first-order valence-electron chi connectivity index (χ1n) is 8.68. The summed E-state index contributed by atoms with van der Waals surface area (Å²) in [7, 11) is 1.53. The highest BCUT2D eigenvalue weighted by Gasteiger charge is 2.14. The minimum atomic E-state index is -0.428. The number of rotatable bonds is 6. The molecule has 7 nitrogen and oxygen atoms in total. The first kappa shape index (κ1) is 19.0. The van der Waals surface area contributed by atoms with Gasteiger partial charge >= 0.3 is 0 Å². The van der Waals surface area contributed by atoms with Gasteiger partial charge in [-0.1, -0.05) is 18.2 Å². The van der Waals surface area contributed by atoms with E-state index in [9.17, 15) is 9.59 Å². The van der Waals surface area contributed by atoms with E-state index in [4.69, 9.17) is 4.74 Å². The van der Waals surface area contributed by atoms with Crippen LogP contribution in [-0.2, 0) is 6.54 Å². The summed E-state index contributed by atoms with van der Waals surface area (Å²) in [6.07, 6.45) is 1.66. The third-order valence-corrected chi connectivity index (χ3v) is 3.97. The predicted octanol–water partition coefficient (Wildman–Crippen LogP) is 2.98. The molecule has 1 aromatic carbocycles. The van der Waals surface area contributed by atoms with E-state index in [0.29, 0.717) is 11.4 Å². The Hall–Kier alpha value is -3.74. The van der Waals surface area contributed by atoms with Gasteiger partial charge in [0.1, 0.15) is 17.1 Å². The smallest absolute Gasteiger partial charge is 0.274 e. The van der Waals surface area contributed by atoms with Crippen molar-refractivity contribution in [2.45, 2.75) is 13.5 Å². The average Bonchev–Trinajstić information content (AvgIpc) is 2.73. The number of pyridine rings is 2. The second kappa shape index (κ2) is 8.77. The Morgan fingerprint density at radius 3 is 2.50 bits per heavy atom. The molecule has 3 rings (SSSR count). The van der Waals surface area contributed by atoms with Crippen molar-refractivity contribution < 1.29 is 14.3 Å². The van der Waals surface area contributed by atoms with Crippen LogP contribution in [0.25, 0.3) is 0 Å². The van der Waals surface area contributed by atoms with Crippen molar-refractivity contribution in [3.05, 3.63) is 83.4 Å². The number of carbonyl (C=O) groups excluding carboxylic acids is 2. The van der Waals surface area contributed by atoms with E-state index in [1.165, 1.54) is 7.11 Å². The number of carbonyl (C=O) groups is 2. The van der Waals surface area contributed by atoms with E-state index in [2.05, 4.69) is 20.6 Å². The van der Waals surface area contributed by atoms with Crippen LogP contribution in [0.15, 0.2) is 60.8 Å². The molecule has 0 aliphatic heterocycles. The van der Waals surface area contributed by atoms with Crippen LogP contribution < -0.4 is 15.4 Å². The van der Waals surface area contributed by atoms with Crippen LogP contribution in [0, 0.1) is 6.92 Å². The van der Waals surface area contributed by atoms with Crippen LogP contribution in [0.1, 0.15) is 32.2 Å². The quantitative estimate of drug-likeness (QED) is 0.690. The molecule has 2 N–H and O–H groups in total. The Kier molecular flexibility index (Phi) is 5.96. The molecule has 0 saturated heterocycles. The molecule has 0 aliphatic rings. The highest BCUT2D eigenvalue weighted by molar-refractivity contribution is 6.04. The zero-order valence-corrected chi connectivity index (χ0v) is 15.6. The van der Waals surface area contributed by atoms with Gasteiger partial charge in [0.15, 0.2) is 0 Å². The molecule has 142 valence electrons. The lowest BCUT2D eigenvalue weighted by Gasteiger charge is -2.11. The Morgan fingerprint density at radius 2 is 1.79 bits per heavy atom. The van der Waals surface area contributed by atoms with Crippen LogP contribution in [0.5, 0.6) is 5.75 Å². The van der Waals surface area contributed by atoms with E-state index in [-0.39, 0.29) is 23.8 Å². The first-order valence-corrected chi connectivity index (χ1v) is 8.68. The minimum Gasteiger partial charge on any atom is -0.495 e. The summed E-state index contributed by atoms with van der Waals surface area (Å²) < 4.78 is 5.27. The average molecular weight is 376 g/mol. The first-order chi connectivity index (χ1) is 13.6. The highest BCUT2D eigenvalue weighted by atomic mass is 16.5. The van der Waals surface area contributed by atoms with Crippen LogP contribution in [0.4, 0.5) is 5.69 Å². The predicted molar refractivity (Wildman–Crippen MR) is 105 cm³/mol. The lowest BCUT2D eigenvalue weighted by atomic mass is 10.2. The van der Waals surface area contributed by atoms with Crippen molar-refractivity contribution in [3.63, 3.8) is 0 Å². The van der Waals surface area contributed by atoms with Crippen LogP contribution in [-0.4, -0.2) is 28.9 Å². The molecular formula is C21H20N4O3. The Labute approximate surface area is 162 Å². The van der Waals surface area contributed by atoms with Crippen molar-refractivity contribution in [3.8, 4) is 5.75 Å². The number of amides is 2. The number of nitrogens with zero attached hydrogens (tertiary/aromatic N) is 2. The monoisotopic (exact) mass is 376 g/mol. The Balaban J connectivity index is 1.71. The fourth-order valence-electron chi connectivity index (χ4n) is 2.56. The summed E-state index contributed by atoms with van der Waals surface area (Å²) in [4.78, 5) is 33.2. The molecule has 2 heterocycles. The van der Waals surface area contributed by atoms with E-state index in [1.807, 2.05) is 25.1 Å². The van der Waals surface area contributed by atoms with Crippen LogP contribution in [0.3, 0.4) is 0 Å². The number of anilines is 1. The maximum atomic E-state index is 12.6. The molecule has 2 aromatic heterocycles. The normalized spacial score (nSPS) is 10.2. The van der Waals surface area contributed by atoms with E-state index < -0.39 is 5.91 Å². The molecule has 0 spiro atoms. The third-order valence-electron chi connectivity index (χ3n) is 3.97. The SMILES string of the molecule is COc1ccc(C)cc1NC(=O)c1cccc(C(=O)NCc2ccccn2)n1. The molecular weight excluding hydrogens is 356 g/mol. The number of aromatic nitrogens is 2. The largest absolute Gasteiger partial charge is 0.495 e. The molecule has 7 heteroatoms. The lowest BCUT2D eigenvalue weighted by molar-refractivity contribution is 0.0945. The fourth-order valence-corrected chi connectivity index (χ4v) is 2.56. The molecule has 0 unspecified atom stereocenters. The standard InChI is InChI=1S/C21H20N4O3/c1-14-9-10-19(28-2)18(12-14)25-21(27)17-8-5-7-16(24-17)20(26)23-13-15-6-3-4-11-22-15/h3-12H,13H2,1-2H3,(H,23,26)(H,25,27). The molecule has 0 atom stereocenters. The topological polar surface area (TPSA) is 93.2 Å². The molecule has 0 fully saturated rings. The second-order valence-corrected chi connectivity index (χ2v) is 6.07. The number of benzene rings is 1. The number of hydrogen-bond donors (Lipinski definition) is 2. The van der Waals surface area contributed by atoms with Gasteiger partial charge in [-0.05, 0) is 48.9 Å². The maximum absolute atomic E-state index is 12.6. The zero-order chi connectivity index (χ0) is 19.9. The highest BCUT2D eigenvalue weighted by Crippen LogP contribution is 2.25. The zero-order valence-electron chi connectivity index (χ0n) is 15.6. The minimum absolute atomic E-state index is 0.133. The summed E-state index contributed by atoms with van der Waals surface area (Å²) in [6.45, 7) is 2.19. The van der Waals surface area contributed by atoms with Gasteiger partial charge in [-0.2, -0.15) is 0 Å². The second-order valence-electron chi connectivity index (χ2n) is 6.07. The fraction of sp³-hybridized carbons (Fsp3) is 0.143. The summed E-state index contributed by atoms with van der Waals surface area (Å²) in [5.74, 6) is -0.264. The molecule has 0 radical (unpaired) electrons. The molecule has 0 bridgehead atoms. The number of methoxy groups -OCH3 is 1. The molecule has 0 saturated carbocycles. The van der Waals surface area contributed by atoms with Gasteiger partial charge in [-0.15, -0.1) is 0 Å². The summed E-state index contributed by atoms with van der Waals surface area (Å²) >= 11 is 0. The molecule has 28 heavy (non-hydrogen) atoms. The van der Waals surface area contributed by atoms with Crippen LogP contribution in [0.2, 0.25) is 0 Å². The van der Waals surface area contributed by atoms with Gasteiger partial charge < -0.3 is 15.4 Å². The number of nitrogens with one attached hydrogen (secondary N) is 2. The summed E-state index contributed by atoms with van der Waals surface area (Å²) in [5.41, 5.74) is 2.54. The number of aryl methyl sites for hydroxylation is 1. The van der Waals surface area contributed by atoms with Gasteiger partial charge in [-0.3, -0.25) is 14.6 Å². The Bertz CT molecular complexity index is 990. The summed E-state index contributed by atoms with van der Waals surface area (Å²) in [6, 6.07) is 15.7. The Morgan fingerprint density at radius 1 is 1.00 bits per heavy atom. The van der Waals surface area contributed by atoms with Gasteiger partial charge in [0, 0.05) is 6.20 Å². The van der Waals surface area contributed by atoms with Gasteiger partial charge in [-0.25, -0.2) is 4.98 Å². The third kappa shape index (κ3) is 4.70. The van der Waals surface area contributed by atoms with Crippen molar-refractivity contribution >= 4 is 17.5 Å². The van der Waals surface area contributed by atoms with Gasteiger partial charge in [0.2, 0.25) is 0 Å². The van der Waals surface area contributed by atoms with Crippen molar-refractivity contribution in [2.24, 2.45) is 0 Å². The van der Waals surface area contributed by atoms with Crippen molar-refractivity contribution in [1.82, 2.24) is 15.3 Å². The van der Waals surface area contributed by atoms with Crippen molar-refractivity contribution in [2.75, 3.05) is 12.4 Å². The molecule has 2 amide bonds. The van der Waals surface area contributed by atoms with Crippen molar-refractivity contribution in [1.29, 1.82) is 0 Å². The van der Waals surface area contributed by atoms with E-state index in [0.717, 1.165) is 11.3 Å². The van der Waals surface area contributed by atoms with E-state index in [1.54, 1.807) is 42.6 Å². The molecule has 0 aliphatic carbocycles. The number of ether oxygens (including phenoxy) is 1. The maximum Gasteiger partial charge on any atom is 0.274 e. The number of hydrogen-bond acceptors (Lipinski definition) is 5.